The van der Waals surface area contributed by atoms with Crippen molar-refractivity contribution in [2.45, 2.75) is 25.9 Å². The number of nitrogens with zero attached hydrogens (tertiary/aromatic N) is 3. The second-order valence-corrected chi connectivity index (χ2v) is 6.90. The molecule has 3 aromatic rings. The van der Waals surface area contributed by atoms with Crippen molar-refractivity contribution in [2.75, 3.05) is 18.0 Å². The number of carbonyl (C=O) groups excluding carboxylic acids is 2. The highest BCUT2D eigenvalue weighted by Crippen LogP contribution is 2.26. The second-order valence-electron chi connectivity index (χ2n) is 6.90. The Hall–Kier alpha value is -3.35. The fourth-order valence-corrected chi connectivity index (χ4v) is 3.44. The van der Waals surface area contributed by atoms with Crippen LogP contribution in [-0.2, 0) is 17.8 Å². The Morgan fingerprint density at radius 1 is 1.07 bits per heavy atom. The highest BCUT2D eigenvalue weighted by molar-refractivity contribution is 5.96. The maximum absolute atomic E-state index is 12.7. The molecule has 7 nitrogen and oxygen atoms in total. The van der Waals surface area contributed by atoms with Crippen LogP contribution in [-0.4, -0.2) is 40.6 Å². The molecule has 0 bridgehead atoms. The van der Waals surface area contributed by atoms with Crippen LogP contribution < -0.4 is 15.5 Å². The molecule has 4 rings (SSSR count). The zero-order valence-corrected chi connectivity index (χ0v) is 15.8. The molecule has 0 saturated carbocycles. The van der Waals surface area contributed by atoms with Gasteiger partial charge in [-0.3, -0.25) is 9.69 Å². The van der Waals surface area contributed by atoms with E-state index in [0.29, 0.717) is 25.6 Å². The zero-order valence-electron chi connectivity index (χ0n) is 15.8. The van der Waals surface area contributed by atoms with Gasteiger partial charge in [0.25, 0.3) is 0 Å². The number of para-hydroxylation sites is 2. The monoisotopic (exact) mass is 377 g/mol. The van der Waals surface area contributed by atoms with E-state index in [-0.39, 0.29) is 11.9 Å². The number of urea groups is 1. The molecule has 7 heteroatoms. The summed E-state index contributed by atoms with van der Waals surface area (Å²) in [6.45, 7) is 3.46. The third kappa shape index (κ3) is 3.55. The summed E-state index contributed by atoms with van der Waals surface area (Å²) in [7, 11) is 0. The van der Waals surface area contributed by atoms with E-state index < -0.39 is 6.04 Å². The van der Waals surface area contributed by atoms with Gasteiger partial charge in [-0.05, 0) is 31.0 Å². The van der Waals surface area contributed by atoms with Gasteiger partial charge in [0.1, 0.15) is 6.04 Å². The molecule has 28 heavy (non-hydrogen) atoms. The zero-order chi connectivity index (χ0) is 19.5. The maximum Gasteiger partial charge on any atom is 0.324 e. The van der Waals surface area contributed by atoms with Gasteiger partial charge >= 0.3 is 6.03 Å². The van der Waals surface area contributed by atoms with Gasteiger partial charge in [-0.25, -0.2) is 9.78 Å². The molecule has 0 radical (unpaired) electrons. The standard InChI is InChI=1S/C21H23N5O2/c1-15(19(27)22-12-11-16-7-3-2-4-8-16)23-21(28)26-14-13-25-18-10-6-5-9-17(18)24-20(25)26/h2-10,15H,11-14H2,1H3,(H,22,27)(H,23,28)/t15-/m0/s1. The molecule has 1 aliphatic heterocycles. The molecule has 3 amide bonds. The van der Waals surface area contributed by atoms with Gasteiger partial charge in [-0.2, -0.15) is 0 Å². The number of aromatic nitrogens is 2. The van der Waals surface area contributed by atoms with Crippen LogP contribution in [0.15, 0.2) is 54.6 Å². The molecule has 144 valence electrons. The van der Waals surface area contributed by atoms with E-state index >= 15 is 0 Å². The first-order valence-corrected chi connectivity index (χ1v) is 9.48. The summed E-state index contributed by atoms with van der Waals surface area (Å²) in [5, 5.41) is 5.65. The molecule has 0 fully saturated rings. The molecule has 1 aliphatic rings. The minimum absolute atomic E-state index is 0.197. The molecule has 2 N–H and O–H groups in total. The van der Waals surface area contributed by atoms with Crippen LogP contribution >= 0.6 is 0 Å². The molecule has 1 aromatic heterocycles. The molecular weight excluding hydrogens is 354 g/mol. The number of rotatable bonds is 5. The summed E-state index contributed by atoms with van der Waals surface area (Å²) < 4.78 is 2.03. The van der Waals surface area contributed by atoms with Gasteiger partial charge in [-0.1, -0.05) is 42.5 Å². The number of hydrogen-bond donors (Lipinski definition) is 2. The lowest BCUT2D eigenvalue weighted by molar-refractivity contribution is -0.122. The van der Waals surface area contributed by atoms with Crippen LogP contribution in [0.4, 0.5) is 10.7 Å². The number of fused-ring (bicyclic) bond motifs is 3. The number of amides is 3. The summed E-state index contributed by atoms with van der Waals surface area (Å²) in [5.74, 6) is 0.423. The minimum atomic E-state index is -0.623. The lowest BCUT2D eigenvalue weighted by Crippen LogP contribution is -2.50. The van der Waals surface area contributed by atoms with Gasteiger partial charge in [-0.15, -0.1) is 0 Å². The average molecular weight is 377 g/mol. The van der Waals surface area contributed by atoms with Crippen molar-refractivity contribution in [3.8, 4) is 0 Å². The van der Waals surface area contributed by atoms with Gasteiger partial charge in [0, 0.05) is 19.6 Å². The van der Waals surface area contributed by atoms with Crippen molar-refractivity contribution in [1.82, 2.24) is 20.2 Å². The van der Waals surface area contributed by atoms with Crippen molar-refractivity contribution in [2.24, 2.45) is 0 Å². The Morgan fingerprint density at radius 3 is 2.64 bits per heavy atom. The van der Waals surface area contributed by atoms with Gasteiger partial charge in [0.05, 0.1) is 11.0 Å². The normalized spacial score (nSPS) is 14.0. The van der Waals surface area contributed by atoms with Gasteiger partial charge in [0.15, 0.2) is 0 Å². The van der Waals surface area contributed by atoms with Crippen molar-refractivity contribution in [3.63, 3.8) is 0 Å². The van der Waals surface area contributed by atoms with E-state index in [9.17, 15) is 9.59 Å². The lowest BCUT2D eigenvalue weighted by Gasteiger charge is -2.19. The highest BCUT2D eigenvalue weighted by Gasteiger charge is 2.29. The molecule has 0 spiro atoms. The van der Waals surface area contributed by atoms with Crippen LogP contribution in [0.3, 0.4) is 0 Å². The highest BCUT2D eigenvalue weighted by atomic mass is 16.2. The fourth-order valence-electron chi connectivity index (χ4n) is 3.44. The Kier molecular flexibility index (Phi) is 4.97. The number of nitrogens with one attached hydrogen (secondary N) is 2. The summed E-state index contributed by atoms with van der Waals surface area (Å²) in [6, 6.07) is 16.9. The number of benzene rings is 2. The predicted molar refractivity (Wildman–Crippen MR) is 108 cm³/mol. The van der Waals surface area contributed by atoms with Crippen LogP contribution in [0.2, 0.25) is 0 Å². The molecule has 1 atom stereocenters. The number of anilines is 1. The Labute approximate surface area is 163 Å². The largest absolute Gasteiger partial charge is 0.354 e. The van der Waals surface area contributed by atoms with E-state index in [1.165, 1.54) is 0 Å². The van der Waals surface area contributed by atoms with Crippen molar-refractivity contribution >= 4 is 28.9 Å². The molecule has 0 aliphatic carbocycles. The number of carbonyl (C=O) groups is 2. The van der Waals surface area contributed by atoms with Gasteiger partial charge in [0.2, 0.25) is 11.9 Å². The third-order valence-corrected chi connectivity index (χ3v) is 4.96. The summed E-state index contributed by atoms with van der Waals surface area (Å²) >= 11 is 0. The first-order chi connectivity index (χ1) is 13.6. The average Bonchev–Trinajstić information content (AvgIpc) is 3.28. The van der Waals surface area contributed by atoms with E-state index in [0.717, 1.165) is 23.0 Å². The topological polar surface area (TPSA) is 79.3 Å². The van der Waals surface area contributed by atoms with E-state index in [1.54, 1.807) is 11.8 Å². The van der Waals surface area contributed by atoms with Crippen LogP contribution in [0.5, 0.6) is 0 Å². The van der Waals surface area contributed by atoms with Crippen molar-refractivity contribution in [3.05, 3.63) is 60.2 Å². The summed E-state index contributed by atoms with van der Waals surface area (Å²) in [4.78, 5) is 31.1. The Bertz CT molecular complexity index is 998. The molecular formula is C21H23N5O2. The first kappa shape index (κ1) is 18.0. The molecule has 2 heterocycles. The number of imidazole rings is 1. The maximum atomic E-state index is 12.7. The van der Waals surface area contributed by atoms with E-state index in [1.807, 2.05) is 59.2 Å². The fraction of sp³-hybridized carbons (Fsp3) is 0.286. The third-order valence-electron chi connectivity index (χ3n) is 4.96. The summed E-state index contributed by atoms with van der Waals surface area (Å²) in [5.41, 5.74) is 3.04. The Balaban J connectivity index is 1.33. The quantitative estimate of drug-likeness (QED) is 0.716. The van der Waals surface area contributed by atoms with Crippen LogP contribution in [0.25, 0.3) is 11.0 Å². The SMILES string of the molecule is C[C@H](NC(=O)N1CCn2c1nc1ccccc12)C(=O)NCCc1ccccc1. The van der Waals surface area contributed by atoms with E-state index in [2.05, 4.69) is 15.6 Å². The Morgan fingerprint density at radius 2 is 1.82 bits per heavy atom. The predicted octanol–water partition coefficient (Wildman–Crippen LogP) is 2.31. The first-order valence-electron chi connectivity index (χ1n) is 9.48. The molecule has 0 saturated heterocycles. The minimum Gasteiger partial charge on any atom is -0.354 e. The smallest absolute Gasteiger partial charge is 0.324 e. The van der Waals surface area contributed by atoms with Crippen LogP contribution in [0.1, 0.15) is 12.5 Å². The molecule has 0 unspecified atom stereocenters. The van der Waals surface area contributed by atoms with Crippen molar-refractivity contribution < 1.29 is 9.59 Å². The van der Waals surface area contributed by atoms with Crippen LogP contribution in [0, 0.1) is 0 Å². The lowest BCUT2D eigenvalue weighted by atomic mass is 10.1. The summed E-state index contributed by atoms with van der Waals surface area (Å²) in [6.07, 6.45) is 0.753. The van der Waals surface area contributed by atoms with Gasteiger partial charge < -0.3 is 15.2 Å². The molecule has 2 aromatic carbocycles. The number of hydrogen-bond acceptors (Lipinski definition) is 3. The second kappa shape index (κ2) is 7.72. The van der Waals surface area contributed by atoms with Crippen molar-refractivity contribution in [1.29, 1.82) is 0 Å². The van der Waals surface area contributed by atoms with E-state index in [4.69, 9.17) is 0 Å².